The molecule has 1 heterocycles. The van der Waals surface area contributed by atoms with Crippen molar-refractivity contribution in [2.45, 2.75) is 11.9 Å². The van der Waals surface area contributed by atoms with E-state index in [9.17, 15) is 22.8 Å². The number of carbonyl (C=O) groups is 2. The van der Waals surface area contributed by atoms with Gasteiger partial charge in [-0.05, 0) is 29.6 Å². The van der Waals surface area contributed by atoms with Gasteiger partial charge in [-0.15, -0.1) is 23.1 Å². The van der Waals surface area contributed by atoms with Crippen LogP contribution in [0.4, 0.5) is 18.9 Å². The van der Waals surface area contributed by atoms with Gasteiger partial charge in [-0.25, -0.2) is 0 Å². The number of nitrogens with one attached hydrogen (secondary N) is 1. The van der Waals surface area contributed by atoms with Crippen molar-refractivity contribution in [3.63, 3.8) is 0 Å². The van der Waals surface area contributed by atoms with Gasteiger partial charge < -0.3 is 10.1 Å². The minimum atomic E-state index is -4.49. The number of thioether (sulfide) groups is 1. The van der Waals surface area contributed by atoms with Gasteiger partial charge in [0.2, 0.25) is 0 Å². The van der Waals surface area contributed by atoms with E-state index in [2.05, 4.69) is 5.32 Å². The number of ether oxygens (including phenoxy) is 1. The molecule has 0 aliphatic heterocycles. The Hall–Kier alpha value is -2.00. The summed E-state index contributed by atoms with van der Waals surface area (Å²) >= 11 is 2.94. The fourth-order valence-electron chi connectivity index (χ4n) is 1.79. The normalized spacial score (nSPS) is 11.2. The average Bonchev–Trinajstić information content (AvgIpc) is 3.06. The molecule has 134 valence electrons. The number of amides is 1. The molecule has 0 aliphatic carbocycles. The summed E-state index contributed by atoms with van der Waals surface area (Å²) in [4.78, 5) is 24.3. The zero-order chi connectivity index (χ0) is 18.3. The first-order valence-corrected chi connectivity index (χ1v) is 9.11. The van der Waals surface area contributed by atoms with Crippen molar-refractivity contribution in [3.8, 4) is 0 Å². The van der Waals surface area contributed by atoms with Gasteiger partial charge in [-0.2, -0.15) is 13.2 Å². The SMILES string of the molecule is O=C(COC(=O)CSCc1cccs1)Nc1cccc(C(F)(F)F)c1. The average molecular weight is 389 g/mol. The van der Waals surface area contributed by atoms with Crippen molar-refractivity contribution < 1.29 is 27.5 Å². The second-order valence-electron chi connectivity index (χ2n) is 4.86. The molecule has 2 rings (SSSR count). The van der Waals surface area contributed by atoms with Crippen LogP contribution in [0.3, 0.4) is 0 Å². The monoisotopic (exact) mass is 389 g/mol. The summed E-state index contributed by atoms with van der Waals surface area (Å²) in [7, 11) is 0. The Labute approximate surface area is 150 Å². The molecule has 0 unspecified atom stereocenters. The van der Waals surface area contributed by atoms with E-state index in [-0.39, 0.29) is 11.4 Å². The first-order valence-electron chi connectivity index (χ1n) is 7.07. The number of benzene rings is 1. The number of carbonyl (C=O) groups excluding carboxylic acids is 2. The van der Waals surface area contributed by atoms with Crippen LogP contribution in [0.2, 0.25) is 0 Å². The first-order chi connectivity index (χ1) is 11.8. The Bertz CT molecular complexity index is 718. The highest BCUT2D eigenvalue weighted by atomic mass is 32.2. The van der Waals surface area contributed by atoms with Crippen LogP contribution in [0, 0.1) is 0 Å². The molecule has 1 aromatic carbocycles. The quantitative estimate of drug-likeness (QED) is 0.722. The highest BCUT2D eigenvalue weighted by Crippen LogP contribution is 2.30. The lowest BCUT2D eigenvalue weighted by atomic mass is 10.2. The number of anilines is 1. The molecular weight excluding hydrogens is 375 g/mol. The molecule has 0 atom stereocenters. The molecule has 1 N–H and O–H groups in total. The molecular formula is C16H14F3NO3S2. The maximum Gasteiger partial charge on any atom is 0.416 e. The zero-order valence-electron chi connectivity index (χ0n) is 12.8. The summed E-state index contributed by atoms with van der Waals surface area (Å²) < 4.78 is 42.6. The molecule has 0 saturated heterocycles. The van der Waals surface area contributed by atoms with E-state index >= 15 is 0 Å². The lowest BCUT2D eigenvalue weighted by molar-refractivity contribution is -0.144. The molecule has 25 heavy (non-hydrogen) atoms. The van der Waals surface area contributed by atoms with Crippen molar-refractivity contribution in [1.29, 1.82) is 0 Å². The molecule has 0 bridgehead atoms. The Morgan fingerprint density at radius 2 is 2.00 bits per heavy atom. The van der Waals surface area contributed by atoms with E-state index in [1.807, 2.05) is 17.5 Å². The van der Waals surface area contributed by atoms with Crippen LogP contribution in [0.25, 0.3) is 0 Å². The van der Waals surface area contributed by atoms with Crippen LogP contribution < -0.4 is 5.32 Å². The van der Waals surface area contributed by atoms with Gasteiger partial charge in [0.15, 0.2) is 6.61 Å². The lowest BCUT2D eigenvalue weighted by Gasteiger charge is -2.10. The lowest BCUT2D eigenvalue weighted by Crippen LogP contribution is -2.21. The fraction of sp³-hybridized carbons (Fsp3) is 0.250. The van der Waals surface area contributed by atoms with Gasteiger partial charge in [-0.1, -0.05) is 12.1 Å². The molecule has 9 heteroatoms. The predicted octanol–water partition coefficient (Wildman–Crippen LogP) is 4.18. The highest BCUT2D eigenvalue weighted by Gasteiger charge is 2.30. The van der Waals surface area contributed by atoms with Crippen molar-refractivity contribution >= 4 is 40.7 Å². The summed E-state index contributed by atoms with van der Waals surface area (Å²) in [6.07, 6.45) is -4.49. The summed E-state index contributed by atoms with van der Waals surface area (Å²) in [5, 5.41) is 4.20. The van der Waals surface area contributed by atoms with E-state index in [0.29, 0.717) is 5.75 Å². The smallest absolute Gasteiger partial charge is 0.416 e. The molecule has 0 radical (unpaired) electrons. The van der Waals surface area contributed by atoms with Crippen molar-refractivity contribution in [2.75, 3.05) is 17.7 Å². The highest BCUT2D eigenvalue weighted by molar-refractivity contribution is 7.99. The number of alkyl halides is 3. The molecule has 0 aliphatic rings. The largest absolute Gasteiger partial charge is 0.455 e. The second kappa shape index (κ2) is 8.91. The minimum Gasteiger partial charge on any atom is -0.455 e. The van der Waals surface area contributed by atoms with E-state index < -0.39 is 30.2 Å². The molecule has 0 fully saturated rings. The van der Waals surface area contributed by atoms with Crippen molar-refractivity contribution in [1.82, 2.24) is 0 Å². The van der Waals surface area contributed by atoms with Gasteiger partial charge >= 0.3 is 12.1 Å². The maximum absolute atomic E-state index is 12.6. The number of halogens is 3. The summed E-state index contributed by atoms with van der Waals surface area (Å²) in [5.74, 6) is -0.491. The van der Waals surface area contributed by atoms with Gasteiger partial charge in [0, 0.05) is 16.3 Å². The van der Waals surface area contributed by atoms with E-state index in [1.165, 1.54) is 23.9 Å². The Balaban J connectivity index is 1.72. The standard InChI is InChI=1S/C16H14F3NO3S2/c17-16(18,19)11-3-1-4-12(7-11)20-14(21)8-23-15(22)10-24-9-13-5-2-6-25-13/h1-7H,8-10H2,(H,20,21). The number of thiophene rings is 1. The maximum atomic E-state index is 12.6. The first kappa shape index (κ1) is 19.3. The van der Waals surface area contributed by atoms with Crippen LogP contribution in [0.15, 0.2) is 41.8 Å². The van der Waals surface area contributed by atoms with E-state index in [1.54, 1.807) is 11.3 Å². The third-order valence-corrected chi connectivity index (χ3v) is 4.90. The number of hydrogen-bond donors (Lipinski definition) is 1. The van der Waals surface area contributed by atoms with Crippen LogP contribution in [0.1, 0.15) is 10.4 Å². The number of hydrogen-bond acceptors (Lipinski definition) is 5. The summed E-state index contributed by atoms with van der Waals surface area (Å²) in [6.45, 7) is -0.547. The van der Waals surface area contributed by atoms with E-state index in [0.717, 1.165) is 17.0 Å². The molecule has 1 amide bonds. The van der Waals surface area contributed by atoms with Crippen LogP contribution in [-0.2, 0) is 26.3 Å². The minimum absolute atomic E-state index is 0.0112. The molecule has 1 aromatic heterocycles. The third-order valence-electron chi connectivity index (χ3n) is 2.88. The van der Waals surface area contributed by atoms with Gasteiger partial charge in [-0.3, -0.25) is 9.59 Å². The van der Waals surface area contributed by atoms with Crippen LogP contribution >= 0.6 is 23.1 Å². The Kier molecular flexibility index (Phi) is 6.89. The topological polar surface area (TPSA) is 55.4 Å². The van der Waals surface area contributed by atoms with Gasteiger partial charge in [0.05, 0.1) is 11.3 Å². The van der Waals surface area contributed by atoms with Gasteiger partial charge in [0.25, 0.3) is 5.91 Å². The van der Waals surface area contributed by atoms with Gasteiger partial charge in [0.1, 0.15) is 0 Å². The van der Waals surface area contributed by atoms with Crippen LogP contribution in [0.5, 0.6) is 0 Å². The second-order valence-corrected chi connectivity index (χ2v) is 6.88. The predicted molar refractivity (Wildman–Crippen MR) is 91.5 cm³/mol. The number of esters is 1. The Morgan fingerprint density at radius 1 is 1.20 bits per heavy atom. The molecule has 0 spiro atoms. The summed E-state index contributed by atoms with van der Waals surface area (Å²) in [5.41, 5.74) is -0.879. The van der Waals surface area contributed by atoms with E-state index in [4.69, 9.17) is 4.74 Å². The Morgan fingerprint density at radius 3 is 2.68 bits per heavy atom. The zero-order valence-corrected chi connectivity index (χ0v) is 14.5. The fourth-order valence-corrected chi connectivity index (χ4v) is 3.45. The third kappa shape index (κ3) is 6.79. The number of rotatable bonds is 7. The molecule has 0 saturated carbocycles. The van der Waals surface area contributed by atoms with Crippen molar-refractivity contribution in [3.05, 3.63) is 52.2 Å². The van der Waals surface area contributed by atoms with Crippen LogP contribution in [-0.4, -0.2) is 24.2 Å². The van der Waals surface area contributed by atoms with Crippen molar-refractivity contribution in [2.24, 2.45) is 0 Å². The molecule has 4 nitrogen and oxygen atoms in total. The summed E-state index contributed by atoms with van der Waals surface area (Å²) in [6, 6.07) is 8.09. The molecule has 2 aromatic rings.